The topological polar surface area (TPSA) is 35.5 Å². The van der Waals surface area contributed by atoms with Crippen LogP contribution in [-0.2, 0) is 20.2 Å². The van der Waals surface area contributed by atoms with E-state index >= 15 is 0 Å². The molecule has 3 heteroatoms. The third kappa shape index (κ3) is 2.56. The summed E-state index contributed by atoms with van der Waals surface area (Å²) in [5, 5.41) is 0. The summed E-state index contributed by atoms with van der Waals surface area (Å²) < 4.78 is 0. The van der Waals surface area contributed by atoms with Crippen molar-refractivity contribution in [2.45, 2.75) is 19.4 Å². The normalized spacial score (nSPS) is 10.9. The maximum Gasteiger partial charge on any atom is 0.330 e. The maximum atomic E-state index is 9.94. The molecular formula is C10H12O3. The summed E-state index contributed by atoms with van der Waals surface area (Å²) in [7, 11) is 0. The van der Waals surface area contributed by atoms with Crippen molar-refractivity contribution < 1.29 is 14.6 Å². The van der Waals surface area contributed by atoms with Crippen LogP contribution in [0, 0.1) is 0 Å². The van der Waals surface area contributed by atoms with Gasteiger partial charge < -0.3 is 4.89 Å². The van der Waals surface area contributed by atoms with Crippen LogP contribution in [0.4, 0.5) is 0 Å². The molecule has 0 amide bonds. The SMILES string of the molecule is CC(C)(OOC=O)c1ccccc1. The quantitative estimate of drug-likeness (QED) is 0.404. The van der Waals surface area contributed by atoms with Crippen LogP contribution in [0.3, 0.4) is 0 Å². The third-order valence-corrected chi connectivity index (χ3v) is 1.76. The molecule has 0 N–H and O–H groups in total. The van der Waals surface area contributed by atoms with E-state index in [4.69, 9.17) is 4.89 Å². The first-order valence-electron chi connectivity index (χ1n) is 4.00. The van der Waals surface area contributed by atoms with E-state index in [1.165, 1.54) is 0 Å². The Kier molecular flexibility index (Phi) is 3.03. The Morgan fingerprint density at radius 3 is 2.38 bits per heavy atom. The Morgan fingerprint density at radius 1 is 1.23 bits per heavy atom. The molecule has 0 spiro atoms. The third-order valence-electron chi connectivity index (χ3n) is 1.76. The second kappa shape index (κ2) is 4.05. The van der Waals surface area contributed by atoms with Gasteiger partial charge in [0, 0.05) is 0 Å². The molecule has 1 rings (SSSR count). The molecule has 1 aromatic rings. The van der Waals surface area contributed by atoms with Crippen LogP contribution in [0.5, 0.6) is 0 Å². The number of hydrogen-bond donors (Lipinski definition) is 0. The van der Waals surface area contributed by atoms with Crippen LogP contribution in [0.1, 0.15) is 19.4 Å². The van der Waals surface area contributed by atoms with Gasteiger partial charge >= 0.3 is 6.47 Å². The molecule has 0 aliphatic carbocycles. The van der Waals surface area contributed by atoms with Crippen LogP contribution >= 0.6 is 0 Å². The number of carbonyl (C=O) groups is 1. The minimum atomic E-state index is -0.609. The average Bonchev–Trinajstić information content (AvgIpc) is 2.16. The van der Waals surface area contributed by atoms with Crippen molar-refractivity contribution in [3.63, 3.8) is 0 Å². The van der Waals surface area contributed by atoms with E-state index in [1.807, 2.05) is 44.2 Å². The molecule has 70 valence electrons. The van der Waals surface area contributed by atoms with Crippen molar-refractivity contribution >= 4 is 6.47 Å². The van der Waals surface area contributed by atoms with Gasteiger partial charge in [0.15, 0.2) is 0 Å². The fraction of sp³-hybridized carbons (Fsp3) is 0.300. The highest BCUT2D eigenvalue weighted by atomic mass is 17.2. The highest BCUT2D eigenvalue weighted by molar-refractivity contribution is 5.35. The fourth-order valence-electron chi connectivity index (χ4n) is 1.03. The zero-order chi connectivity index (χ0) is 9.73. The number of hydrogen-bond acceptors (Lipinski definition) is 3. The van der Waals surface area contributed by atoms with Crippen molar-refractivity contribution in [3.8, 4) is 0 Å². The van der Waals surface area contributed by atoms with Gasteiger partial charge in [-0.25, -0.2) is 0 Å². The molecule has 1 aromatic carbocycles. The monoisotopic (exact) mass is 180 g/mol. The van der Waals surface area contributed by atoms with E-state index in [0.717, 1.165) is 5.56 Å². The van der Waals surface area contributed by atoms with Gasteiger partial charge in [0.05, 0.1) is 0 Å². The van der Waals surface area contributed by atoms with Crippen molar-refractivity contribution in [2.24, 2.45) is 0 Å². The van der Waals surface area contributed by atoms with Gasteiger partial charge in [-0.05, 0) is 19.4 Å². The molecule has 0 unspecified atom stereocenters. The first-order chi connectivity index (χ1) is 6.17. The molecule has 0 saturated carbocycles. The summed E-state index contributed by atoms with van der Waals surface area (Å²) in [6, 6.07) is 9.55. The van der Waals surface area contributed by atoms with Crippen LogP contribution < -0.4 is 0 Å². The first kappa shape index (κ1) is 9.74. The lowest BCUT2D eigenvalue weighted by molar-refractivity contribution is -0.319. The van der Waals surface area contributed by atoms with Crippen LogP contribution in [0.25, 0.3) is 0 Å². The Hall–Kier alpha value is -1.35. The first-order valence-corrected chi connectivity index (χ1v) is 4.00. The van der Waals surface area contributed by atoms with Gasteiger partial charge in [0.2, 0.25) is 0 Å². The molecule has 0 aliphatic rings. The van der Waals surface area contributed by atoms with Crippen LogP contribution in [0.15, 0.2) is 30.3 Å². The minimum absolute atomic E-state index is 0.269. The molecule has 0 aliphatic heterocycles. The van der Waals surface area contributed by atoms with Crippen molar-refractivity contribution in [2.75, 3.05) is 0 Å². The predicted octanol–water partition coefficient (Wildman–Crippen LogP) is 2.03. The molecule has 0 atom stereocenters. The van der Waals surface area contributed by atoms with Gasteiger partial charge in [-0.3, -0.25) is 4.79 Å². The van der Waals surface area contributed by atoms with Crippen molar-refractivity contribution in [1.29, 1.82) is 0 Å². The molecule has 0 bridgehead atoms. The summed E-state index contributed by atoms with van der Waals surface area (Å²) in [5.41, 5.74) is 0.346. The number of benzene rings is 1. The predicted molar refractivity (Wildman–Crippen MR) is 47.7 cm³/mol. The van der Waals surface area contributed by atoms with Crippen LogP contribution in [-0.4, -0.2) is 6.47 Å². The maximum absolute atomic E-state index is 9.94. The lowest BCUT2D eigenvalue weighted by Gasteiger charge is -2.21. The Balaban J connectivity index is 2.74. The highest BCUT2D eigenvalue weighted by Gasteiger charge is 2.22. The zero-order valence-corrected chi connectivity index (χ0v) is 7.69. The molecular weight excluding hydrogens is 168 g/mol. The smallest absolute Gasteiger partial charge is 0.301 e. The molecule has 0 heterocycles. The summed E-state index contributed by atoms with van der Waals surface area (Å²) in [5.74, 6) is 0. The summed E-state index contributed by atoms with van der Waals surface area (Å²) in [4.78, 5) is 19.1. The second-order valence-electron chi connectivity index (χ2n) is 3.15. The van der Waals surface area contributed by atoms with Gasteiger partial charge in [0.25, 0.3) is 0 Å². The molecule has 0 radical (unpaired) electrons. The Bertz CT molecular complexity index is 267. The summed E-state index contributed by atoms with van der Waals surface area (Å²) in [6.07, 6.45) is 0. The molecule has 0 aromatic heterocycles. The van der Waals surface area contributed by atoms with Gasteiger partial charge in [-0.1, -0.05) is 30.3 Å². The number of rotatable bonds is 4. The van der Waals surface area contributed by atoms with Gasteiger partial charge in [0.1, 0.15) is 5.60 Å². The van der Waals surface area contributed by atoms with Gasteiger partial charge in [-0.15, -0.1) is 0 Å². The largest absolute Gasteiger partial charge is 0.330 e. The second-order valence-corrected chi connectivity index (χ2v) is 3.15. The van der Waals surface area contributed by atoms with Crippen molar-refractivity contribution in [1.82, 2.24) is 0 Å². The van der Waals surface area contributed by atoms with E-state index in [1.54, 1.807) is 0 Å². The molecule has 0 saturated heterocycles. The van der Waals surface area contributed by atoms with Gasteiger partial charge in [-0.2, -0.15) is 4.89 Å². The Labute approximate surface area is 77.2 Å². The average molecular weight is 180 g/mol. The van der Waals surface area contributed by atoms with E-state index in [9.17, 15) is 4.79 Å². The summed E-state index contributed by atoms with van der Waals surface area (Å²) in [6.45, 7) is 3.92. The van der Waals surface area contributed by atoms with E-state index in [2.05, 4.69) is 4.89 Å². The fourth-order valence-corrected chi connectivity index (χ4v) is 1.03. The van der Waals surface area contributed by atoms with E-state index < -0.39 is 5.60 Å². The molecule has 3 nitrogen and oxygen atoms in total. The molecule has 13 heavy (non-hydrogen) atoms. The number of carbonyl (C=O) groups excluding carboxylic acids is 1. The standard InChI is InChI=1S/C10H12O3/c1-10(2,13-12-8-11)9-6-4-3-5-7-9/h3-8H,1-2H3. The van der Waals surface area contributed by atoms with E-state index in [-0.39, 0.29) is 6.47 Å². The Morgan fingerprint density at radius 2 is 1.85 bits per heavy atom. The van der Waals surface area contributed by atoms with Crippen LogP contribution in [0.2, 0.25) is 0 Å². The highest BCUT2D eigenvalue weighted by Crippen LogP contribution is 2.23. The van der Waals surface area contributed by atoms with Crippen molar-refractivity contribution in [3.05, 3.63) is 35.9 Å². The minimum Gasteiger partial charge on any atom is -0.301 e. The lowest BCUT2D eigenvalue weighted by atomic mass is 9.99. The van der Waals surface area contributed by atoms with E-state index in [0.29, 0.717) is 0 Å². The lowest BCUT2D eigenvalue weighted by Crippen LogP contribution is -2.21. The summed E-state index contributed by atoms with van der Waals surface area (Å²) >= 11 is 0. The molecule has 0 fully saturated rings. The zero-order valence-electron chi connectivity index (χ0n) is 7.69.